The van der Waals surface area contributed by atoms with Crippen molar-refractivity contribution >= 4 is 10.0 Å². The fraction of sp³-hybridized carbons (Fsp3) is 1.00. The van der Waals surface area contributed by atoms with E-state index < -0.39 is 10.0 Å². The Labute approximate surface area is 118 Å². The smallest absolute Gasteiger partial charge is 0.217 e. The highest BCUT2D eigenvalue weighted by molar-refractivity contribution is 7.89. The van der Waals surface area contributed by atoms with Crippen molar-refractivity contribution in [3.63, 3.8) is 0 Å². The summed E-state index contributed by atoms with van der Waals surface area (Å²) < 4.78 is 26.3. The second-order valence-electron chi connectivity index (χ2n) is 6.12. The minimum absolute atomic E-state index is 0.312. The zero-order valence-corrected chi connectivity index (χ0v) is 13.7. The van der Waals surface area contributed by atoms with E-state index in [0.29, 0.717) is 25.0 Å². The molecule has 0 aliphatic carbocycles. The minimum atomic E-state index is -3.19. The minimum Gasteiger partial charge on any atom is -0.313 e. The van der Waals surface area contributed by atoms with Crippen LogP contribution in [0.15, 0.2) is 0 Å². The Kier molecular flexibility index (Phi) is 6.23. The molecule has 1 aliphatic heterocycles. The van der Waals surface area contributed by atoms with Crippen molar-refractivity contribution in [2.24, 2.45) is 5.92 Å². The summed E-state index contributed by atoms with van der Waals surface area (Å²) in [4.78, 5) is 2.26. The maximum atomic E-state index is 12.4. The summed E-state index contributed by atoms with van der Waals surface area (Å²) >= 11 is 0. The molecule has 0 amide bonds. The van der Waals surface area contributed by atoms with Crippen LogP contribution >= 0.6 is 0 Å². The van der Waals surface area contributed by atoms with Gasteiger partial charge in [-0.15, -0.1) is 0 Å². The summed E-state index contributed by atoms with van der Waals surface area (Å²) in [6.45, 7) is 9.05. The lowest BCUT2D eigenvalue weighted by atomic mass is 10.1. The van der Waals surface area contributed by atoms with E-state index in [-0.39, 0.29) is 5.25 Å². The van der Waals surface area contributed by atoms with Crippen molar-refractivity contribution in [3.8, 4) is 0 Å². The first-order valence-corrected chi connectivity index (χ1v) is 8.61. The number of sulfonamides is 1. The molecule has 2 atom stereocenters. The number of hydrogen-bond acceptors (Lipinski definition) is 4. The van der Waals surface area contributed by atoms with E-state index in [2.05, 4.69) is 17.3 Å². The normalized spacial score (nSPS) is 23.4. The molecule has 19 heavy (non-hydrogen) atoms. The van der Waals surface area contributed by atoms with E-state index in [1.54, 1.807) is 18.3 Å². The summed E-state index contributed by atoms with van der Waals surface area (Å²) in [6.07, 6.45) is 1.09. The highest BCUT2D eigenvalue weighted by Crippen LogP contribution is 2.17. The Hall–Kier alpha value is -0.170. The van der Waals surface area contributed by atoms with E-state index in [0.717, 1.165) is 19.5 Å². The summed E-state index contributed by atoms with van der Waals surface area (Å²) in [5.74, 6) is 0.468. The molecule has 0 aromatic rings. The summed E-state index contributed by atoms with van der Waals surface area (Å²) in [6, 6.07) is 0.312. The molecule has 0 spiro atoms. The third kappa shape index (κ3) is 5.02. The van der Waals surface area contributed by atoms with Gasteiger partial charge in [0, 0.05) is 32.7 Å². The van der Waals surface area contributed by atoms with Gasteiger partial charge in [-0.3, -0.25) is 0 Å². The lowest BCUT2D eigenvalue weighted by Crippen LogP contribution is -2.43. The van der Waals surface area contributed by atoms with Crippen molar-refractivity contribution in [3.05, 3.63) is 0 Å². The molecule has 0 bridgehead atoms. The number of nitrogens with zero attached hydrogens (tertiary/aromatic N) is 2. The zero-order chi connectivity index (χ0) is 14.6. The van der Waals surface area contributed by atoms with E-state index in [4.69, 9.17) is 0 Å². The lowest BCUT2D eigenvalue weighted by Gasteiger charge is -2.25. The first-order chi connectivity index (χ1) is 8.73. The highest BCUT2D eigenvalue weighted by atomic mass is 32.2. The summed E-state index contributed by atoms with van der Waals surface area (Å²) in [5, 5.41) is 2.82. The van der Waals surface area contributed by atoms with Crippen LogP contribution in [0, 0.1) is 5.92 Å². The van der Waals surface area contributed by atoms with E-state index in [1.807, 2.05) is 13.8 Å². The lowest BCUT2D eigenvalue weighted by molar-refractivity contribution is 0.354. The monoisotopic (exact) mass is 291 g/mol. The van der Waals surface area contributed by atoms with Gasteiger partial charge in [0.25, 0.3) is 0 Å². The van der Waals surface area contributed by atoms with Crippen molar-refractivity contribution in [2.45, 2.75) is 38.5 Å². The molecule has 1 rings (SSSR count). The van der Waals surface area contributed by atoms with Gasteiger partial charge in [0.2, 0.25) is 10.0 Å². The van der Waals surface area contributed by atoms with Crippen molar-refractivity contribution in [1.29, 1.82) is 0 Å². The average molecular weight is 291 g/mol. The van der Waals surface area contributed by atoms with Crippen LogP contribution < -0.4 is 5.32 Å². The van der Waals surface area contributed by atoms with Crippen LogP contribution in [0.2, 0.25) is 0 Å². The predicted octanol–water partition coefficient (Wildman–Crippen LogP) is 0.586. The van der Waals surface area contributed by atoms with Crippen LogP contribution in [-0.4, -0.2) is 69.2 Å². The van der Waals surface area contributed by atoms with E-state index >= 15 is 0 Å². The van der Waals surface area contributed by atoms with Crippen LogP contribution in [-0.2, 0) is 10.0 Å². The molecular formula is C13H29N3O2S. The standard InChI is InChI=1S/C13H29N3O2S/c1-11(2)14-8-12(3)19(17,18)16(5)10-13-6-7-15(4)9-13/h11-14H,6-10H2,1-5H3. The van der Waals surface area contributed by atoms with Crippen LogP contribution in [0.25, 0.3) is 0 Å². The Balaban J connectivity index is 2.50. The molecule has 1 saturated heterocycles. The maximum absolute atomic E-state index is 12.4. The first-order valence-electron chi connectivity index (χ1n) is 7.10. The molecule has 114 valence electrons. The molecule has 5 nitrogen and oxygen atoms in total. The second kappa shape index (κ2) is 7.02. The summed E-state index contributed by atoms with van der Waals surface area (Å²) in [7, 11) is 0.608. The average Bonchev–Trinajstić information content (AvgIpc) is 2.71. The van der Waals surface area contributed by atoms with Gasteiger partial charge in [0.1, 0.15) is 0 Å². The Bertz CT molecular complexity index is 370. The first kappa shape index (κ1) is 16.9. The number of likely N-dealkylation sites (tertiary alicyclic amines) is 1. The molecule has 1 heterocycles. The molecule has 0 aromatic heterocycles. The van der Waals surface area contributed by atoms with Crippen molar-refractivity contribution in [1.82, 2.24) is 14.5 Å². The fourth-order valence-electron chi connectivity index (χ4n) is 2.46. The maximum Gasteiger partial charge on any atom is 0.217 e. The number of nitrogens with one attached hydrogen (secondary N) is 1. The molecule has 1 fully saturated rings. The third-order valence-electron chi connectivity index (χ3n) is 3.76. The van der Waals surface area contributed by atoms with Gasteiger partial charge in [0.05, 0.1) is 5.25 Å². The molecular weight excluding hydrogens is 262 g/mol. The van der Waals surface area contributed by atoms with Gasteiger partial charge in [-0.25, -0.2) is 12.7 Å². The van der Waals surface area contributed by atoms with Crippen molar-refractivity contribution in [2.75, 3.05) is 40.3 Å². The molecule has 1 aliphatic rings. The Morgan fingerprint density at radius 1 is 1.37 bits per heavy atom. The Morgan fingerprint density at radius 2 is 2.00 bits per heavy atom. The molecule has 6 heteroatoms. The second-order valence-corrected chi connectivity index (χ2v) is 8.57. The Morgan fingerprint density at radius 3 is 2.47 bits per heavy atom. The van der Waals surface area contributed by atoms with Gasteiger partial charge in [-0.1, -0.05) is 13.8 Å². The zero-order valence-electron chi connectivity index (χ0n) is 12.9. The summed E-state index contributed by atoms with van der Waals surface area (Å²) in [5.41, 5.74) is 0. The van der Waals surface area contributed by atoms with Gasteiger partial charge < -0.3 is 10.2 Å². The molecule has 2 unspecified atom stereocenters. The SMILES string of the molecule is CC(C)NCC(C)S(=O)(=O)N(C)CC1CCN(C)C1. The number of hydrogen-bond donors (Lipinski definition) is 1. The fourth-order valence-corrected chi connectivity index (χ4v) is 3.80. The van der Waals surface area contributed by atoms with Gasteiger partial charge in [-0.05, 0) is 32.9 Å². The van der Waals surface area contributed by atoms with Gasteiger partial charge in [0.15, 0.2) is 0 Å². The van der Waals surface area contributed by atoms with Gasteiger partial charge in [-0.2, -0.15) is 0 Å². The van der Waals surface area contributed by atoms with Crippen molar-refractivity contribution < 1.29 is 8.42 Å². The third-order valence-corrected chi connectivity index (χ3v) is 5.96. The van der Waals surface area contributed by atoms with Crippen LogP contribution in [0.5, 0.6) is 0 Å². The molecule has 0 saturated carbocycles. The molecule has 0 aromatic carbocycles. The van der Waals surface area contributed by atoms with Gasteiger partial charge >= 0.3 is 0 Å². The quantitative estimate of drug-likeness (QED) is 0.746. The van der Waals surface area contributed by atoms with Crippen LogP contribution in [0.1, 0.15) is 27.2 Å². The predicted molar refractivity (Wildman–Crippen MR) is 79.8 cm³/mol. The molecule has 0 radical (unpaired) electrons. The van der Waals surface area contributed by atoms with Crippen LogP contribution in [0.4, 0.5) is 0 Å². The van der Waals surface area contributed by atoms with E-state index in [9.17, 15) is 8.42 Å². The number of rotatable bonds is 7. The molecule has 1 N–H and O–H groups in total. The largest absolute Gasteiger partial charge is 0.313 e. The highest BCUT2D eigenvalue weighted by Gasteiger charge is 2.29. The topological polar surface area (TPSA) is 52.7 Å². The van der Waals surface area contributed by atoms with Crippen LogP contribution in [0.3, 0.4) is 0 Å². The van der Waals surface area contributed by atoms with E-state index in [1.165, 1.54) is 0 Å².